The molecule has 0 fully saturated rings. The molecule has 2 heterocycles. The quantitative estimate of drug-likeness (QED) is 0.802. The predicted molar refractivity (Wildman–Crippen MR) is 84.1 cm³/mol. The Morgan fingerprint density at radius 1 is 1.08 bits per heavy atom. The second-order valence-electron chi connectivity index (χ2n) is 5.68. The van der Waals surface area contributed by atoms with Gasteiger partial charge in [0.25, 0.3) is 11.8 Å². The SMILES string of the molecule is Cc1nn(CCC(=O)ON2C(=O)c3ccccc3C2=O)c(C)c1C. The fraction of sp³-hybridized carbons (Fsp3) is 0.294. The van der Waals surface area contributed by atoms with Gasteiger partial charge in [-0.3, -0.25) is 14.3 Å². The number of imide groups is 1. The zero-order chi connectivity index (χ0) is 17.4. The van der Waals surface area contributed by atoms with Crippen LogP contribution in [0.25, 0.3) is 0 Å². The smallest absolute Gasteiger partial charge is 0.330 e. The number of carbonyl (C=O) groups excluding carboxylic acids is 3. The first-order valence-corrected chi connectivity index (χ1v) is 7.59. The highest BCUT2D eigenvalue weighted by atomic mass is 16.7. The fourth-order valence-corrected chi connectivity index (χ4v) is 2.60. The normalized spacial score (nSPS) is 13.4. The van der Waals surface area contributed by atoms with E-state index in [2.05, 4.69) is 5.10 Å². The van der Waals surface area contributed by atoms with E-state index in [1.807, 2.05) is 20.8 Å². The molecule has 0 spiro atoms. The third-order valence-corrected chi connectivity index (χ3v) is 4.22. The first-order chi connectivity index (χ1) is 11.4. The minimum absolute atomic E-state index is 0.00874. The average Bonchev–Trinajstić information content (AvgIpc) is 2.96. The summed E-state index contributed by atoms with van der Waals surface area (Å²) >= 11 is 0. The lowest BCUT2D eigenvalue weighted by atomic mass is 10.1. The van der Waals surface area contributed by atoms with Gasteiger partial charge in [-0.25, -0.2) is 4.79 Å². The van der Waals surface area contributed by atoms with Crippen LogP contribution in [0.15, 0.2) is 24.3 Å². The summed E-state index contributed by atoms with van der Waals surface area (Å²) in [4.78, 5) is 41.2. The van der Waals surface area contributed by atoms with E-state index in [9.17, 15) is 14.4 Å². The molecule has 2 aromatic rings. The topological polar surface area (TPSA) is 81.5 Å². The Hall–Kier alpha value is -2.96. The molecular weight excluding hydrogens is 310 g/mol. The monoisotopic (exact) mass is 327 g/mol. The summed E-state index contributed by atoms with van der Waals surface area (Å²) in [6.07, 6.45) is 0.00874. The van der Waals surface area contributed by atoms with Crippen LogP contribution in [-0.2, 0) is 16.2 Å². The van der Waals surface area contributed by atoms with Crippen LogP contribution in [0.4, 0.5) is 0 Å². The summed E-state index contributed by atoms with van der Waals surface area (Å²) in [5.41, 5.74) is 3.43. The molecule has 7 heteroatoms. The van der Waals surface area contributed by atoms with Crippen LogP contribution in [0.3, 0.4) is 0 Å². The summed E-state index contributed by atoms with van der Waals surface area (Å²) in [7, 11) is 0. The number of hydroxylamine groups is 2. The van der Waals surface area contributed by atoms with E-state index in [-0.39, 0.29) is 17.5 Å². The molecule has 2 amide bonds. The van der Waals surface area contributed by atoms with Crippen LogP contribution in [0.5, 0.6) is 0 Å². The van der Waals surface area contributed by atoms with Gasteiger partial charge in [-0.05, 0) is 38.5 Å². The minimum Gasteiger partial charge on any atom is -0.330 e. The molecule has 0 radical (unpaired) electrons. The van der Waals surface area contributed by atoms with E-state index in [1.54, 1.807) is 16.8 Å². The second-order valence-corrected chi connectivity index (χ2v) is 5.68. The molecule has 124 valence electrons. The summed E-state index contributed by atoms with van der Waals surface area (Å²) in [5.74, 6) is -1.90. The standard InChI is InChI=1S/C17H17N3O4/c1-10-11(2)18-19(12(10)3)9-8-15(21)24-20-16(22)13-6-4-5-7-14(13)17(20)23/h4-7H,8-9H2,1-3H3. The third kappa shape index (κ3) is 2.58. The molecule has 0 aliphatic carbocycles. The van der Waals surface area contributed by atoms with Gasteiger partial charge in [-0.15, -0.1) is 0 Å². The number of rotatable bonds is 4. The molecule has 3 rings (SSSR count). The van der Waals surface area contributed by atoms with Crippen molar-refractivity contribution in [3.8, 4) is 0 Å². The Morgan fingerprint density at radius 2 is 1.67 bits per heavy atom. The number of fused-ring (bicyclic) bond motifs is 1. The molecule has 24 heavy (non-hydrogen) atoms. The van der Waals surface area contributed by atoms with Crippen molar-refractivity contribution >= 4 is 17.8 Å². The highest BCUT2D eigenvalue weighted by Crippen LogP contribution is 2.23. The molecule has 1 aliphatic rings. The number of hydrogen-bond acceptors (Lipinski definition) is 5. The van der Waals surface area contributed by atoms with Crippen molar-refractivity contribution in [3.05, 3.63) is 52.3 Å². The second kappa shape index (κ2) is 5.92. The molecule has 0 unspecified atom stereocenters. The van der Waals surface area contributed by atoms with E-state index in [0.29, 0.717) is 11.6 Å². The maximum absolute atomic E-state index is 12.1. The Bertz CT molecular complexity index is 819. The van der Waals surface area contributed by atoms with E-state index >= 15 is 0 Å². The Labute approximate surface area is 138 Å². The molecular formula is C17H17N3O4. The Morgan fingerprint density at radius 3 is 2.17 bits per heavy atom. The van der Waals surface area contributed by atoms with Gasteiger partial charge >= 0.3 is 5.97 Å². The van der Waals surface area contributed by atoms with Gasteiger partial charge in [0.1, 0.15) is 0 Å². The van der Waals surface area contributed by atoms with Crippen LogP contribution in [0.1, 0.15) is 44.1 Å². The van der Waals surface area contributed by atoms with Crippen LogP contribution in [0.2, 0.25) is 0 Å². The van der Waals surface area contributed by atoms with Gasteiger partial charge in [0.15, 0.2) is 0 Å². The largest absolute Gasteiger partial charge is 0.335 e. The lowest BCUT2D eigenvalue weighted by Gasteiger charge is -2.13. The molecule has 0 bridgehead atoms. The van der Waals surface area contributed by atoms with E-state index in [1.165, 1.54) is 12.1 Å². The van der Waals surface area contributed by atoms with Crippen molar-refractivity contribution in [1.29, 1.82) is 0 Å². The molecule has 0 saturated heterocycles. The summed E-state index contributed by atoms with van der Waals surface area (Å²) in [6, 6.07) is 6.37. The van der Waals surface area contributed by atoms with Gasteiger partial charge in [-0.1, -0.05) is 17.2 Å². The zero-order valence-electron chi connectivity index (χ0n) is 13.7. The first-order valence-electron chi connectivity index (χ1n) is 7.59. The highest BCUT2D eigenvalue weighted by molar-refractivity contribution is 6.20. The van der Waals surface area contributed by atoms with Crippen LogP contribution in [-0.4, -0.2) is 32.6 Å². The first kappa shape index (κ1) is 15.9. The Kier molecular flexibility index (Phi) is 3.92. The van der Waals surface area contributed by atoms with Gasteiger partial charge in [0.2, 0.25) is 0 Å². The summed E-state index contributed by atoms with van der Waals surface area (Å²) < 4.78 is 1.72. The molecule has 7 nitrogen and oxygen atoms in total. The van der Waals surface area contributed by atoms with Gasteiger partial charge in [-0.2, -0.15) is 5.10 Å². The number of aromatic nitrogens is 2. The highest BCUT2D eigenvalue weighted by Gasteiger charge is 2.38. The molecule has 0 atom stereocenters. The van der Waals surface area contributed by atoms with Gasteiger partial charge in [0, 0.05) is 5.69 Å². The van der Waals surface area contributed by atoms with Gasteiger partial charge < -0.3 is 4.84 Å². The number of aryl methyl sites for hydroxylation is 2. The molecule has 0 N–H and O–H groups in total. The third-order valence-electron chi connectivity index (χ3n) is 4.22. The molecule has 0 saturated carbocycles. The molecule has 1 aliphatic heterocycles. The Balaban J connectivity index is 1.65. The predicted octanol–water partition coefficient (Wildman–Crippen LogP) is 1.95. The van der Waals surface area contributed by atoms with Crippen molar-refractivity contribution in [2.24, 2.45) is 0 Å². The lowest BCUT2D eigenvalue weighted by Crippen LogP contribution is -2.33. The molecule has 1 aromatic carbocycles. The van der Waals surface area contributed by atoms with Crippen molar-refractivity contribution < 1.29 is 19.2 Å². The molecule has 1 aromatic heterocycles. The maximum atomic E-state index is 12.1. The van der Waals surface area contributed by atoms with Crippen molar-refractivity contribution in [1.82, 2.24) is 14.8 Å². The van der Waals surface area contributed by atoms with E-state index < -0.39 is 17.8 Å². The summed E-state index contributed by atoms with van der Waals surface area (Å²) in [5, 5.41) is 4.86. The van der Waals surface area contributed by atoms with Crippen molar-refractivity contribution in [3.63, 3.8) is 0 Å². The number of hydrogen-bond donors (Lipinski definition) is 0. The number of benzene rings is 1. The van der Waals surface area contributed by atoms with Crippen molar-refractivity contribution in [2.45, 2.75) is 33.7 Å². The van der Waals surface area contributed by atoms with Crippen LogP contribution >= 0.6 is 0 Å². The van der Waals surface area contributed by atoms with Crippen LogP contribution in [0, 0.1) is 20.8 Å². The number of nitrogens with zero attached hydrogens (tertiary/aromatic N) is 3. The van der Waals surface area contributed by atoms with E-state index in [4.69, 9.17) is 4.84 Å². The number of amides is 2. The van der Waals surface area contributed by atoms with Gasteiger partial charge in [0.05, 0.1) is 29.8 Å². The zero-order valence-corrected chi connectivity index (χ0v) is 13.7. The van der Waals surface area contributed by atoms with Crippen LogP contribution < -0.4 is 0 Å². The lowest BCUT2D eigenvalue weighted by molar-refractivity contribution is -0.168. The summed E-state index contributed by atoms with van der Waals surface area (Å²) in [6.45, 7) is 6.11. The average molecular weight is 327 g/mol. The van der Waals surface area contributed by atoms with E-state index in [0.717, 1.165) is 17.0 Å². The maximum Gasteiger partial charge on any atom is 0.335 e. The minimum atomic E-state index is -0.658. The fourth-order valence-electron chi connectivity index (χ4n) is 2.60. The van der Waals surface area contributed by atoms with Crippen molar-refractivity contribution in [2.75, 3.05) is 0 Å². The number of carbonyl (C=O) groups is 3.